The summed E-state index contributed by atoms with van der Waals surface area (Å²) in [4.78, 5) is 21.8. The molecule has 1 aromatic carbocycles. The normalized spacial score (nSPS) is 10.7. The Morgan fingerprint density at radius 3 is 2.96 bits per heavy atom. The van der Waals surface area contributed by atoms with Crippen molar-refractivity contribution in [1.29, 1.82) is 0 Å². The van der Waals surface area contributed by atoms with E-state index < -0.39 is 10.8 Å². The van der Waals surface area contributed by atoms with Crippen molar-refractivity contribution < 1.29 is 19.6 Å². The summed E-state index contributed by atoms with van der Waals surface area (Å²) in [6, 6.07) is 2.14. The van der Waals surface area contributed by atoms with Crippen LogP contribution in [0.5, 0.6) is 11.5 Å². The first-order valence-corrected chi connectivity index (χ1v) is 6.31. The summed E-state index contributed by atoms with van der Waals surface area (Å²) in [5.41, 5.74) is 7.23. The zero-order chi connectivity index (χ0) is 17.7. The SMILES string of the molecule is COc1cc([N+](=O)[O-])cc(/C=N\NC(=O)Cn2nnnc2N)c1O. The number of benzene rings is 1. The highest BCUT2D eigenvalue weighted by Gasteiger charge is 2.16. The molecule has 0 aliphatic rings. The van der Waals surface area contributed by atoms with Gasteiger partial charge < -0.3 is 15.6 Å². The third kappa shape index (κ3) is 3.70. The molecule has 0 radical (unpaired) electrons. The van der Waals surface area contributed by atoms with E-state index in [-0.39, 0.29) is 35.2 Å². The third-order valence-electron chi connectivity index (χ3n) is 2.77. The summed E-state index contributed by atoms with van der Waals surface area (Å²) in [6.45, 7) is -0.277. The number of non-ortho nitro benzene ring substituents is 1. The number of aromatic hydroxyl groups is 1. The fraction of sp³-hybridized carbons (Fsp3) is 0.182. The number of amides is 1. The molecule has 0 aliphatic carbocycles. The van der Waals surface area contributed by atoms with E-state index in [4.69, 9.17) is 10.5 Å². The van der Waals surface area contributed by atoms with Gasteiger partial charge >= 0.3 is 0 Å². The second kappa shape index (κ2) is 6.99. The van der Waals surface area contributed by atoms with Crippen molar-refractivity contribution in [2.24, 2.45) is 5.10 Å². The fourth-order valence-electron chi connectivity index (χ4n) is 1.64. The number of nitro benzene ring substituents is 1. The van der Waals surface area contributed by atoms with Crippen molar-refractivity contribution in [3.63, 3.8) is 0 Å². The molecule has 2 aromatic rings. The summed E-state index contributed by atoms with van der Waals surface area (Å²) >= 11 is 0. The van der Waals surface area contributed by atoms with Crippen molar-refractivity contribution in [3.05, 3.63) is 27.8 Å². The Morgan fingerprint density at radius 2 is 2.38 bits per heavy atom. The minimum atomic E-state index is -0.654. The van der Waals surface area contributed by atoms with Gasteiger partial charge in [0.25, 0.3) is 11.6 Å². The lowest BCUT2D eigenvalue weighted by molar-refractivity contribution is -0.385. The number of hydrazone groups is 1. The molecule has 13 heteroatoms. The van der Waals surface area contributed by atoms with Gasteiger partial charge in [-0.2, -0.15) is 5.10 Å². The van der Waals surface area contributed by atoms with E-state index in [1.54, 1.807) is 0 Å². The standard InChI is InChI=1S/C11H12N8O5/c1-24-8-3-7(19(22)23)2-6(10(8)21)4-13-14-9(20)5-18-11(12)15-16-17-18/h2-4,21H,5H2,1H3,(H,14,20)(H2,12,15,17)/b13-4-. The highest BCUT2D eigenvalue weighted by atomic mass is 16.6. The predicted octanol–water partition coefficient (Wildman–Crippen LogP) is -0.972. The van der Waals surface area contributed by atoms with Crippen molar-refractivity contribution >= 4 is 23.8 Å². The van der Waals surface area contributed by atoms with Gasteiger partial charge in [0.1, 0.15) is 6.54 Å². The Kier molecular flexibility index (Phi) is 4.84. The number of hydrogen-bond acceptors (Lipinski definition) is 10. The van der Waals surface area contributed by atoms with Crippen LogP contribution in [0.2, 0.25) is 0 Å². The molecule has 1 amide bonds. The molecule has 0 aliphatic heterocycles. The lowest BCUT2D eigenvalue weighted by atomic mass is 10.2. The molecule has 0 spiro atoms. The Labute approximate surface area is 133 Å². The number of nitrogen functional groups attached to an aromatic ring is 1. The summed E-state index contributed by atoms with van der Waals surface area (Å²) in [5.74, 6) is -1.10. The summed E-state index contributed by atoms with van der Waals surface area (Å²) < 4.78 is 5.88. The van der Waals surface area contributed by atoms with Crippen molar-refractivity contribution in [3.8, 4) is 11.5 Å². The molecule has 2 rings (SSSR count). The van der Waals surface area contributed by atoms with Crippen molar-refractivity contribution in [2.45, 2.75) is 6.54 Å². The number of carbonyl (C=O) groups is 1. The number of nitrogens with two attached hydrogens (primary N) is 1. The molecule has 0 saturated carbocycles. The number of methoxy groups -OCH3 is 1. The summed E-state index contributed by atoms with van der Waals surface area (Å²) in [5, 5.41) is 34.5. The van der Waals surface area contributed by atoms with Gasteiger partial charge in [0, 0.05) is 11.6 Å². The number of phenolic OH excluding ortho intramolecular Hbond substituents is 1. The van der Waals surface area contributed by atoms with Crippen LogP contribution in [0.3, 0.4) is 0 Å². The molecule has 0 bridgehead atoms. The average molecular weight is 336 g/mol. The Balaban J connectivity index is 2.11. The van der Waals surface area contributed by atoms with Crippen LogP contribution >= 0.6 is 0 Å². The zero-order valence-electron chi connectivity index (χ0n) is 12.3. The van der Waals surface area contributed by atoms with E-state index in [0.717, 1.165) is 23.0 Å². The number of rotatable bonds is 6. The molecule has 24 heavy (non-hydrogen) atoms. The van der Waals surface area contributed by atoms with Crippen LogP contribution in [-0.2, 0) is 11.3 Å². The molecule has 126 valence electrons. The number of hydrogen-bond donors (Lipinski definition) is 3. The number of nitro groups is 1. The monoisotopic (exact) mass is 336 g/mol. The lowest BCUT2D eigenvalue weighted by Crippen LogP contribution is -2.24. The molecule has 0 unspecified atom stereocenters. The number of ether oxygens (including phenoxy) is 1. The largest absolute Gasteiger partial charge is 0.504 e. The first-order valence-electron chi connectivity index (χ1n) is 6.31. The fourth-order valence-corrected chi connectivity index (χ4v) is 1.64. The van der Waals surface area contributed by atoms with Gasteiger partial charge in [-0.25, -0.2) is 10.1 Å². The molecule has 0 saturated heterocycles. The second-order valence-corrected chi connectivity index (χ2v) is 4.33. The zero-order valence-corrected chi connectivity index (χ0v) is 12.3. The predicted molar refractivity (Wildman–Crippen MR) is 79.3 cm³/mol. The Morgan fingerprint density at radius 1 is 1.62 bits per heavy atom. The molecular weight excluding hydrogens is 324 g/mol. The third-order valence-corrected chi connectivity index (χ3v) is 2.77. The first-order chi connectivity index (χ1) is 11.4. The van der Waals surface area contributed by atoms with Gasteiger partial charge in [0.2, 0.25) is 5.95 Å². The molecule has 1 aromatic heterocycles. The number of nitrogens with one attached hydrogen (secondary N) is 1. The molecular formula is C11H12N8O5. The van der Waals surface area contributed by atoms with Crippen LogP contribution in [0, 0.1) is 10.1 Å². The lowest BCUT2D eigenvalue weighted by Gasteiger charge is -2.06. The Bertz CT molecular complexity index is 802. The van der Waals surface area contributed by atoms with Crippen LogP contribution in [0.1, 0.15) is 5.56 Å². The highest BCUT2D eigenvalue weighted by Crippen LogP contribution is 2.33. The topological polar surface area (TPSA) is 184 Å². The van der Waals surface area contributed by atoms with E-state index >= 15 is 0 Å². The molecule has 4 N–H and O–H groups in total. The van der Waals surface area contributed by atoms with Gasteiger partial charge in [-0.15, -0.1) is 0 Å². The first kappa shape index (κ1) is 16.6. The van der Waals surface area contributed by atoms with Crippen LogP contribution in [0.15, 0.2) is 17.2 Å². The van der Waals surface area contributed by atoms with Gasteiger partial charge in [-0.1, -0.05) is 5.10 Å². The van der Waals surface area contributed by atoms with E-state index in [1.165, 1.54) is 7.11 Å². The number of tetrazole rings is 1. The quantitative estimate of drug-likeness (QED) is 0.339. The van der Waals surface area contributed by atoms with E-state index in [9.17, 15) is 20.0 Å². The molecule has 0 fully saturated rings. The van der Waals surface area contributed by atoms with Crippen LogP contribution in [0.25, 0.3) is 0 Å². The maximum absolute atomic E-state index is 11.6. The smallest absolute Gasteiger partial charge is 0.274 e. The maximum atomic E-state index is 11.6. The molecule has 0 atom stereocenters. The van der Waals surface area contributed by atoms with Crippen LogP contribution < -0.4 is 15.9 Å². The molecule has 13 nitrogen and oxygen atoms in total. The van der Waals surface area contributed by atoms with Gasteiger partial charge in [-0.05, 0) is 10.4 Å². The van der Waals surface area contributed by atoms with E-state index in [0.29, 0.717) is 0 Å². The van der Waals surface area contributed by atoms with Crippen LogP contribution in [0.4, 0.5) is 11.6 Å². The van der Waals surface area contributed by atoms with E-state index in [2.05, 4.69) is 26.1 Å². The number of phenols is 1. The minimum Gasteiger partial charge on any atom is -0.504 e. The van der Waals surface area contributed by atoms with E-state index in [1.807, 2.05) is 0 Å². The maximum Gasteiger partial charge on any atom is 0.274 e. The summed E-state index contributed by atoms with van der Waals surface area (Å²) in [7, 11) is 1.25. The summed E-state index contributed by atoms with van der Waals surface area (Å²) in [6.07, 6.45) is 1.03. The average Bonchev–Trinajstić information content (AvgIpc) is 2.93. The second-order valence-electron chi connectivity index (χ2n) is 4.33. The number of anilines is 1. The van der Waals surface area contributed by atoms with Crippen molar-refractivity contribution in [1.82, 2.24) is 25.6 Å². The Hall–Kier alpha value is -3.77. The molecule has 1 heterocycles. The van der Waals surface area contributed by atoms with Crippen LogP contribution in [-0.4, -0.2) is 49.5 Å². The number of carbonyl (C=O) groups excluding carboxylic acids is 1. The highest BCUT2D eigenvalue weighted by molar-refractivity contribution is 5.87. The minimum absolute atomic E-state index is 0.0108. The van der Waals surface area contributed by atoms with Crippen molar-refractivity contribution in [2.75, 3.05) is 12.8 Å². The van der Waals surface area contributed by atoms with Gasteiger partial charge in [0.05, 0.1) is 24.3 Å². The number of aromatic nitrogens is 4. The van der Waals surface area contributed by atoms with Gasteiger partial charge in [-0.3, -0.25) is 14.9 Å². The number of nitrogens with zero attached hydrogens (tertiary/aromatic N) is 6. The van der Waals surface area contributed by atoms with Gasteiger partial charge in [0.15, 0.2) is 11.5 Å².